The topological polar surface area (TPSA) is 134 Å². The van der Waals surface area contributed by atoms with Gasteiger partial charge < -0.3 is 10.2 Å². The number of amides is 2. The molecule has 2 amide bonds. The van der Waals surface area contributed by atoms with Crippen LogP contribution >= 0.6 is 0 Å². The van der Waals surface area contributed by atoms with Crippen LogP contribution in [-0.4, -0.2) is 59.7 Å². The van der Waals surface area contributed by atoms with Crippen LogP contribution in [-0.2, 0) is 22.6 Å². The monoisotopic (exact) mass is 537 g/mol. The number of carbonyl (C=O) groups excluding carboxylic acids is 3. The number of H-pyrrole nitrogens is 1. The van der Waals surface area contributed by atoms with Gasteiger partial charge in [-0.05, 0) is 72.6 Å². The number of ketones is 1. The van der Waals surface area contributed by atoms with Crippen molar-refractivity contribution in [2.24, 2.45) is 5.41 Å². The molecule has 2 aliphatic rings. The molecule has 40 heavy (non-hydrogen) atoms. The number of hydrogen-bond donors (Lipinski definition) is 2. The van der Waals surface area contributed by atoms with E-state index in [1.54, 1.807) is 29.7 Å². The predicted octanol–water partition coefficient (Wildman–Crippen LogP) is 3.47. The summed E-state index contributed by atoms with van der Waals surface area (Å²) >= 11 is 0. The van der Waals surface area contributed by atoms with Crippen LogP contribution in [0.3, 0.4) is 0 Å². The Hall–Kier alpha value is -4.47. The number of aromatic nitrogens is 5. The molecule has 0 bridgehead atoms. The molecule has 1 aromatic carbocycles. The number of nitrogens with one attached hydrogen (secondary N) is 2. The summed E-state index contributed by atoms with van der Waals surface area (Å²) in [6, 6.07) is 5.14. The maximum atomic E-state index is 14.1. The van der Waals surface area contributed by atoms with E-state index in [0.29, 0.717) is 41.0 Å². The molecule has 0 spiro atoms. The number of aryl methyl sites for hydroxylation is 2. The van der Waals surface area contributed by atoms with Gasteiger partial charge >= 0.3 is 0 Å². The van der Waals surface area contributed by atoms with Crippen molar-refractivity contribution in [1.82, 2.24) is 35.4 Å². The summed E-state index contributed by atoms with van der Waals surface area (Å²) in [6.45, 7) is 7.73. The molecule has 0 radical (unpaired) electrons. The van der Waals surface area contributed by atoms with Gasteiger partial charge in [-0.15, -0.1) is 0 Å². The number of fused-ring (bicyclic) bond motifs is 2. The second kappa shape index (κ2) is 9.62. The highest BCUT2D eigenvalue weighted by Crippen LogP contribution is 2.59. The SMILES string of the molecule is CC(=O)c1[nH]nc2c(C)cc(-c3cnc(C)nc3)c(CC(=O)N3[C@H](C(=O)NCc4ccncc4)C[C@@]4(C)C[C@@H]34)c12. The lowest BCUT2D eigenvalue weighted by molar-refractivity contribution is -0.139. The Balaban J connectivity index is 1.37. The first-order valence-electron chi connectivity index (χ1n) is 13.4. The number of hydrogen-bond acceptors (Lipinski definition) is 7. The van der Waals surface area contributed by atoms with E-state index in [0.717, 1.165) is 28.7 Å². The van der Waals surface area contributed by atoms with E-state index in [1.165, 1.54) is 6.92 Å². The summed E-state index contributed by atoms with van der Waals surface area (Å²) in [6.07, 6.45) is 8.35. The summed E-state index contributed by atoms with van der Waals surface area (Å²) in [5.74, 6) is 0.160. The minimum atomic E-state index is -0.554. The standard InChI is InChI=1S/C30H31N7O3/c1-16-9-21(20-14-32-18(3)33-15-20)22(26-27(16)35-36-28(26)17(2)38)10-25(39)37-23(11-30(4)12-24(30)37)29(40)34-13-19-5-7-31-8-6-19/h5-9,14-15,23-24H,10-13H2,1-4H3,(H,34,40)(H,35,36)/t23-,24+,30-/m0/s1. The molecule has 4 heterocycles. The zero-order valence-electron chi connectivity index (χ0n) is 23.0. The second-order valence-corrected chi connectivity index (χ2v) is 11.3. The summed E-state index contributed by atoms with van der Waals surface area (Å²) in [7, 11) is 0. The summed E-state index contributed by atoms with van der Waals surface area (Å²) < 4.78 is 0. The normalized spacial score (nSPS) is 21.4. The Bertz CT molecular complexity index is 1650. The average molecular weight is 538 g/mol. The number of nitrogens with zero attached hydrogens (tertiary/aromatic N) is 5. The van der Waals surface area contributed by atoms with E-state index in [4.69, 9.17) is 0 Å². The van der Waals surface area contributed by atoms with Crippen LogP contribution in [0.5, 0.6) is 0 Å². The molecule has 3 atom stereocenters. The quantitative estimate of drug-likeness (QED) is 0.345. The smallest absolute Gasteiger partial charge is 0.243 e. The van der Waals surface area contributed by atoms with Gasteiger partial charge in [0.1, 0.15) is 17.6 Å². The summed E-state index contributed by atoms with van der Waals surface area (Å²) in [5, 5.41) is 10.9. The van der Waals surface area contributed by atoms with Gasteiger partial charge in [-0.25, -0.2) is 9.97 Å². The van der Waals surface area contributed by atoms with Crippen LogP contribution in [0.15, 0.2) is 43.0 Å². The van der Waals surface area contributed by atoms with Crippen LogP contribution in [0, 0.1) is 19.3 Å². The van der Waals surface area contributed by atoms with Crippen molar-refractivity contribution in [2.75, 3.05) is 0 Å². The number of Topliss-reactive ketones (excluding diaryl/α,β-unsaturated/α-hetero) is 1. The zero-order chi connectivity index (χ0) is 28.2. The first kappa shape index (κ1) is 25.8. The Kier molecular flexibility index (Phi) is 6.20. The molecule has 3 aromatic heterocycles. The fourth-order valence-corrected chi connectivity index (χ4v) is 6.07. The van der Waals surface area contributed by atoms with E-state index in [9.17, 15) is 14.4 Å². The molecule has 2 N–H and O–H groups in total. The summed E-state index contributed by atoms with van der Waals surface area (Å²) in [5.41, 5.74) is 4.97. The number of rotatable bonds is 7. The maximum Gasteiger partial charge on any atom is 0.243 e. The van der Waals surface area contributed by atoms with E-state index >= 15 is 0 Å². The van der Waals surface area contributed by atoms with E-state index in [2.05, 4.69) is 37.4 Å². The van der Waals surface area contributed by atoms with Crippen molar-refractivity contribution < 1.29 is 14.4 Å². The van der Waals surface area contributed by atoms with Crippen LogP contribution < -0.4 is 5.32 Å². The van der Waals surface area contributed by atoms with Crippen molar-refractivity contribution in [3.63, 3.8) is 0 Å². The highest BCUT2D eigenvalue weighted by Gasteiger charge is 2.64. The Labute approximate surface area is 231 Å². The van der Waals surface area contributed by atoms with Crippen molar-refractivity contribution in [1.29, 1.82) is 0 Å². The van der Waals surface area contributed by atoms with E-state index in [1.807, 2.05) is 32.0 Å². The highest BCUT2D eigenvalue weighted by atomic mass is 16.2. The van der Waals surface area contributed by atoms with Crippen LogP contribution in [0.2, 0.25) is 0 Å². The minimum Gasteiger partial charge on any atom is -0.350 e. The van der Waals surface area contributed by atoms with Gasteiger partial charge in [-0.3, -0.25) is 24.5 Å². The molecule has 2 fully saturated rings. The Morgan fingerprint density at radius 1 is 1.12 bits per heavy atom. The Morgan fingerprint density at radius 3 is 2.55 bits per heavy atom. The fourth-order valence-electron chi connectivity index (χ4n) is 6.07. The molecule has 6 rings (SSSR count). The Morgan fingerprint density at radius 2 is 1.85 bits per heavy atom. The van der Waals surface area contributed by atoms with Gasteiger partial charge in [0, 0.05) is 55.2 Å². The van der Waals surface area contributed by atoms with Crippen LogP contribution in [0.25, 0.3) is 22.0 Å². The third-order valence-electron chi connectivity index (χ3n) is 8.34. The van der Waals surface area contributed by atoms with Gasteiger partial charge in [0.2, 0.25) is 11.8 Å². The predicted molar refractivity (Wildman–Crippen MR) is 148 cm³/mol. The van der Waals surface area contributed by atoms with E-state index in [-0.39, 0.29) is 35.5 Å². The minimum absolute atomic E-state index is 0.0143. The molecule has 1 saturated carbocycles. The molecule has 1 saturated heterocycles. The zero-order valence-corrected chi connectivity index (χ0v) is 23.0. The lowest BCUT2D eigenvalue weighted by Crippen LogP contribution is -2.48. The molecule has 4 aromatic rings. The first-order chi connectivity index (χ1) is 19.2. The maximum absolute atomic E-state index is 14.1. The van der Waals surface area contributed by atoms with Gasteiger partial charge in [0.15, 0.2) is 5.78 Å². The third kappa shape index (κ3) is 4.43. The molecule has 204 valence electrons. The molecule has 10 heteroatoms. The van der Waals surface area contributed by atoms with Crippen LogP contribution in [0.1, 0.15) is 59.7 Å². The number of aromatic amines is 1. The molecular formula is C30H31N7O3. The molecule has 10 nitrogen and oxygen atoms in total. The largest absolute Gasteiger partial charge is 0.350 e. The average Bonchev–Trinajstić information content (AvgIpc) is 3.26. The van der Waals surface area contributed by atoms with Crippen molar-refractivity contribution in [3.05, 3.63) is 71.2 Å². The lowest BCUT2D eigenvalue weighted by atomic mass is 9.91. The lowest BCUT2D eigenvalue weighted by Gasteiger charge is -2.27. The fraction of sp³-hybridized carbons (Fsp3) is 0.367. The number of piperidine rings is 1. The van der Waals surface area contributed by atoms with Crippen LogP contribution in [0.4, 0.5) is 0 Å². The highest BCUT2D eigenvalue weighted by molar-refractivity contribution is 6.09. The summed E-state index contributed by atoms with van der Waals surface area (Å²) in [4.78, 5) is 54.6. The van der Waals surface area contributed by atoms with Crippen molar-refractivity contribution in [2.45, 2.75) is 65.6 Å². The molecular weight excluding hydrogens is 506 g/mol. The van der Waals surface area contributed by atoms with Gasteiger partial charge in [-0.1, -0.05) is 6.92 Å². The third-order valence-corrected chi connectivity index (χ3v) is 8.34. The molecule has 1 aliphatic heterocycles. The van der Waals surface area contributed by atoms with E-state index < -0.39 is 6.04 Å². The van der Waals surface area contributed by atoms with Gasteiger partial charge in [-0.2, -0.15) is 5.10 Å². The second-order valence-electron chi connectivity index (χ2n) is 11.3. The van der Waals surface area contributed by atoms with Gasteiger partial charge in [0.25, 0.3) is 0 Å². The number of benzene rings is 1. The number of likely N-dealkylation sites (tertiary alicyclic amines) is 1. The number of carbonyl (C=O) groups is 3. The van der Waals surface area contributed by atoms with Crippen molar-refractivity contribution in [3.8, 4) is 11.1 Å². The molecule has 1 aliphatic carbocycles. The number of pyridine rings is 1. The van der Waals surface area contributed by atoms with Crippen molar-refractivity contribution >= 4 is 28.5 Å². The molecule has 0 unspecified atom stereocenters. The first-order valence-corrected chi connectivity index (χ1v) is 13.4. The van der Waals surface area contributed by atoms with Gasteiger partial charge in [0.05, 0.1) is 11.9 Å².